The van der Waals surface area contributed by atoms with Crippen molar-refractivity contribution in [2.45, 2.75) is 32.1 Å². The number of nitrogen functional groups attached to an aromatic ring is 1. The zero-order chi connectivity index (χ0) is 12.5. The summed E-state index contributed by atoms with van der Waals surface area (Å²) < 4.78 is 0. The molecule has 2 N–H and O–H groups in total. The number of nitrogens with two attached hydrogens (primary N) is 1. The first-order valence-corrected chi connectivity index (χ1v) is 7.28. The molecule has 3 rings (SSSR count). The van der Waals surface area contributed by atoms with Gasteiger partial charge >= 0.3 is 0 Å². The number of hydrogen-bond donors (Lipinski definition) is 1. The fraction of sp³-hybridized carbons (Fsp3) is 0.643. The summed E-state index contributed by atoms with van der Waals surface area (Å²) >= 11 is 5.91. The molecule has 2 fully saturated rings. The molecule has 3 nitrogen and oxygen atoms in total. The maximum atomic E-state index is 6.03. The second-order valence-corrected chi connectivity index (χ2v) is 6.04. The summed E-state index contributed by atoms with van der Waals surface area (Å²) in [6.07, 6.45) is 8.58. The first-order chi connectivity index (χ1) is 8.74. The average molecular weight is 266 g/mol. The minimum Gasteiger partial charge on any atom is -0.396 e. The van der Waals surface area contributed by atoms with Crippen molar-refractivity contribution < 1.29 is 0 Å². The lowest BCUT2D eigenvalue weighted by Gasteiger charge is -2.42. The van der Waals surface area contributed by atoms with Crippen molar-refractivity contribution in [2.75, 3.05) is 23.7 Å². The summed E-state index contributed by atoms with van der Waals surface area (Å²) in [6, 6.07) is 1.80. The number of rotatable bonds is 1. The number of pyridine rings is 1. The third-order valence-electron chi connectivity index (χ3n) is 4.45. The molecule has 0 bridgehead atoms. The number of piperidine rings is 1. The van der Waals surface area contributed by atoms with E-state index < -0.39 is 0 Å². The first kappa shape index (κ1) is 12.1. The van der Waals surface area contributed by atoms with E-state index in [1.165, 1.54) is 32.1 Å². The Morgan fingerprint density at radius 1 is 1.22 bits per heavy atom. The summed E-state index contributed by atoms with van der Waals surface area (Å²) in [6.45, 7) is 2.20. The molecule has 1 aromatic heterocycles. The van der Waals surface area contributed by atoms with Gasteiger partial charge in [0, 0.05) is 19.3 Å². The average Bonchev–Trinajstić information content (AvgIpc) is 2.38. The van der Waals surface area contributed by atoms with Crippen molar-refractivity contribution in [3.8, 4) is 0 Å². The van der Waals surface area contributed by atoms with Crippen LogP contribution in [0.5, 0.6) is 0 Å². The molecular formula is C14H20ClN3. The van der Waals surface area contributed by atoms with E-state index in [9.17, 15) is 0 Å². The van der Waals surface area contributed by atoms with Gasteiger partial charge in [-0.1, -0.05) is 30.9 Å². The van der Waals surface area contributed by atoms with Crippen LogP contribution in [0, 0.1) is 11.8 Å². The number of nitrogens with zero attached hydrogens (tertiary/aromatic N) is 2. The van der Waals surface area contributed by atoms with E-state index in [0.717, 1.165) is 30.7 Å². The molecule has 0 spiro atoms. The number of aromatic nitrogens is 1. The zero-order valence-electron chi connectivity index (χ0n) is 10.6. The van der Waals surface area contributed by atoms with Gasteiger partial charge in [0.1, 0.15) is 0 Å². The van der Waals surface area contributed by atoms with Gasteiger partial charge in [0.15, 0.2) is 5.82 Å². The van der Waals surface area contributed by atoms with Crippen LogP contribution in [-0.4, -0.2) is 18.1 Å². The van der Waals surface area contributed by atoms with E-state index in [1.807, 2.05) is 0 Å². The molecule has 2 aliphatic rings. The predicted molar refractivity (Wildman–Crippen MR) is 75.9 cm³/mol. The highest BCUT2D eigenvalue weighted by Crippen LogP contribution is 2.38. The molecule has 4 heteroatoms. The maximum Gasteiger partial charge on any atom is 0.151 e. The lowest BCUT2D eigenvalue weighted by Crippen LogP contribution is -2.42. The topological polar surface area (TPSA) is 42.1 Å². The summed E-state index contributed by atoms with van der Waals surface area (Å²) in [5, 5.41) is 0.615. The van der Waals surface area contributed by atoms with E-state index >= 15 is 0 Å². The van der Waals surface area contributed by atoms with Crippen molar-refractivity contribution in [3.63, 3.8) is 0 Å². The van der Waals surface area contributed by atoms with Crippen LogP contribution in [0.3, 0.4) is 0 Å². The van der Waals surface area contributed by atoms with Gasteiger partial charge in [-0.3, -0.25) is 0 Å². The molecule has 0 aromatic carbocycles. The van der Waals surface area contributed by atoms with Crippen molar-refractivity contribution in [3.05, 3.63) is 17.3 Å². The Balaban J connectivity index is 1.77. The zero-order valence-corrected chi connectivity index (χ0v) is 11.4. The van der Waals surface area contributed by atoms with Crippen LogP contribution in [0.25, 0.3) is 0 Å². The molecule has 1 aliphatic carbocycles. The Labute approximate surface area is 113 Å². The highest BCUT2D eigenvalue weighted by Gasteiger charge is 2.32. The molecular weight excluding hydrogens is 246 g/mol. The van der Waals surface area contributed by atoms with Gasteiger partial charge in [-0.15, -0.1) is 0 Å². The van der Waals surface area contributed by atoms with Gasteiger partial charge in [-0.25, -0.2) is 4.98 Å². The monoisotopic (exact) mass is 265 g/mol. The van der Waals surface area contributed by atoms with Crippen LogP contribution in [0.2, 0.25) is 5.02 Å². The van der Waals surface area contributed by atoms with Gasteiger partial charge in [-0.2, -0.15) is 0 Å². The van der Waals surface area contributed by atoms with Gasteiger partial charge < -0.3 is 10.6 Å². The van der Waals surface area contributed by atoms with Crippen LogP contribution in [0.1, 0.15) is 32.1 Å². The van der Waals surface area contributed by atoms with Crippen LogP contribution in [-0.2, 0) is 0 Å². The quantitative estimate of drug-likeness (QED) is 0.847. The Bertz CT molecular complexity index is 435. The fourth-order valence-electron chi connectivity index (χ4n) is 3.51. The molecule has 1 aliphatic heterocycles. The molecule has 0 amide bonds. The first-order valence-electron chi connectivity index (χ1n) is 6.90. The molecule has 98 valence electrons. The Morgan fingerprint density at radius 3 is 2.78 bits per heavy atom. The molecule has 2 atom stereocenters. The van der Waals surface area contributed by atoms with Crippen molar-refractivity contribution in [1.82, 2.24) is 4.98 Å². The molecule has 0 radical (unpaired) electrons. The van der Waals surface area contributed by atoms with Gasteiger partial charge in [0.2, 0.25) is 0 Å². The molecule has 1 aromatic rings. The second kappa shape index (κ2) is 4.96. The minimum atomic E-state index is 0.615. The van der Waals surface area contributed by atoms with Crippen LogP contribution in [0.4, 0.5) is 11.5 Å². The van der Waals surface area contributed by atoms with Crippen molar-refractivity contribution in [1.29, 1.82) is 0 Å². The second-order valence-electron chi connectivity index (χ2n) is 5.61. The highest BCUT2D eigenvalue weighted by molar-refractivity contribution is 6.30. The Hall–Kier alpha value is -0.960. The van der Waals surface area contributed by atoms with Crippen molar-refractivity contribution in [2.24, 2.45) is 11.8 Å². The van der Waals surface area contributed by atoms with Crippen LogP contribution in [0.15, 0.2) is 12.3 Å². The van der Waals surface area contributed by atoms with E-state index in [4.69, 9.17) is 17.3 Å². The summed E-state index contributed by atoms with van der Waals surface area (Å²) in [5.74, 6) is 2.69. The summed E-state index contributed by atoms with van der Waals surface area (Å²) in [7, 11) is 0. The fourth-order valence-corrected chi connectivity index (χ4v) is 3.67. The molecule has 2 heterocycles. The molecule has 18 heavy (non-hydrogen) atoms. The van der Waals surface area contributed by atoms with E-state index in [0.29, 0.717) is 10.7 Å². The molecule has 1 saturated heterocycles. The number of hydrogen-bond acceptors (Lipinski definition) is 3. The van der Waals surface area contributed by atoms with Crippen LogP contribution >= 0.6 is 11.6 Å². The summed E-state index contributed by atoms with van der Waals surface area (Å²) in [5.41, 5.74) is 6.74. The summed E-state index contributed by atoms with van der Waals surface area (Å²) in [4.78, 5) is 6.75. The third kappa shape index (κ3) is 2.28. The lowest BCUT2D eigenvalue weighted by atomic mass is 9.75. The van der Waals surface area contributed by atoms with Crippen LogP contribution < -0.4 is 10.6 Å². The van der Waals surface area contributed by atoms with Gasteiger partial charge in [-0.05, 0) is 30.7 Å². The molecule has 1 saturated carbocycles. The standard InChI is InChI=1S/C14H20ClN3/c15-12-7-13(16)14(17-8-12)18-6-5-10-3-1-2-4-11(10)9-18/h7-8,10-11H,1-6,9,16H2. The number of halogens is 1. The Morgan fingerprint density at radius 2 is 2.00 bits per heavy atom. The molecule has 2 unspecified atom stereocenters. The van der Waals surface area contributed by atoms with Gasteiger partial charge in [0.05, 0.1) is 10.7 Å². The maximum absolute atomic E-state index is 6.03. The SMILES string of the molecule is Nc1cc(Cl)cnc1N1CCC2CCCCC2C1. The smallest absolute Gasteiger partial charge is 0.151 e. The van der Waals surface area contributed by atoms with E-state index in [2.05, 4.69) is 9.88 Å². The van der Waals surface area contributed by atoms with Gasteiger partial charge in [0.25, 0.3) is 0 Å². The van der Waals surface area contributed by atoms with E-state index in [-0.39, 0.29) is 0 Å². The minimum absolute atomic E-state index is 0.615. The number of anilines is 2. The largest absolute Gasteiger partial charge is 0.396 e. The normalized spacial score (nSPS) is 27.9. The third-order valence-corrected chi connectivity index (χ3v) is 4.66. The lowest BCUT2D eigenvalue weighted by molar-refractivity contribution is 0.202. The van der Waals surface area contributed by atoms with Crippen molar-refractivity contribution >= 4 is 23.1 Å². The highest BCUT2D eigenvalue weighted by atomic mass is 35.5. The number of fused-ring (bicyclic) bond motifs is 1. The predicted octanol–water partition coefficient (Wildman–Crippen LogP) is 3.33. The Kier molecular flexibility index (Phi) is 3.33. The van der Waals surface area contributed by atoms with E-state index in [1.54, 1.807) is 12.3 Å².